The van der Waals surface area contributed by atoms with Crippen LogP contribution in [0.2, 0.25) is 0 Å². The first-order valence-corrected chi connectivity index (χ1v) is 11.4. The SMILES string of the molecule is CC[C@@H]1CCCCN1C(=O)c1ccc(NC2=C(Cl)C(=O)N(Cc3ccccc3)C2=O)cc1. The van der Waals surface area contributed by atoms with Gasteiger partial charge in [0.15, 0.2) is 0 Å². The van der Waals surface area contributed by atoms with Crippen LogP contribution in [0.1, 0.15) is 48.5 Å². The van der Waals surface area contributed by atoms with Gasteiger partial charge in [0.2, 0.25) is 0 Å². The van der Waals surface area contributed by atoms with E-state index in [0.717, 1.165) is 42.7 Å². The van der Waals surface area contributed by atoms with Crippen LogP contribution in [0, 0.1) is 0 Å². The Hall–Kier alpha value is -3.12. The van der Waals surface area contributed by atoms with Crippen molar-refractivity contribution in [2.45, 2.75) is 45.2 Å². The second-order valence-electron chi connectivity index (χ2n) is 8.13. The van der Waals surface area contributed by atoms with Crippen molar-refractivity contribution in [3.63, 3.8) is 0 Å². The van der Waals surface area contributed by atoms with Crippen molar-refractivity contribution in [2.75, 3.05) is 11.9 Å². The van der Waals surface area contributed by atoms with E-state index in [0.29, 0.717) is 11.3 Å². The fraction of sp³-hybridized carbons (Fsp3) is 0.320. The van der Waals surface area contributed by atoms with Crippen LogP contribution in [0.3, 0.4) is 0 Å². The number of piperidine rings is 1. The standard InChI is InChI=1S/C25H26ClN3O3/c1-2-20-10-6-7-15-28(20)23(30)18-11-13-19(14-12-18)27-22-21(26)24(31)29(25(22)32)16-17-8-4-3-5-9-17/h3-5,8-9,11-14,20,27H,2,6-7,10,15-16H2,1H3/t20-/m1/s1. The van der Waals surface area contributed by atoms with E-state index in [-0.39, 0.29) is 29.2 Å². The van der Waals surface area contributed by atoms with Crippen molar-refractivity contribution < 1.29 is 14.4 Å². The molecule has 4 rings (SSSR count). The molecule has 2 aromatic rings. The third kappa shape index (κ3) is 4.41. The van der Waals surface area contributed by atoms with E-state index in [9.17, 15) is 14.4 Å². The van der Waals surface area contributed by atoms with Crippen LogP contribution < -0.4 is 5.32 Å². The molecule has 1 atom stereocenters. The van der Waals surface area contributed by atoms with Crippen LogP contribution in [0.5, 0.6) is 0 Å². The smallest absolute Gasteiger partial charge is 0.279 e. The molecule has 2 aliphatic rings. The molecule has 2 aromatic carbocycles. The molecule has 0 aliphatic carbocycles. The Morgan fingerprint density at radius 3 is 2.44 bits per heavy atom. The Labute approximate surface area is 192 Å². The number of carbonyl (C=O) groups is 3. The number of anilines is 1. The molecule has 1 saturated heterocycles. The van der Waals surface area contributed by atoms with Crippen molar-refractivity contribution in [2.24, 2.45) is 0 Å². The fourth-order valence-corrected chi connectivity index (χ4v) is 4.49. The summed E-state index contributed by atoms with van der Waals surface area (Å²) in [5, 5.41) is 2.83. The highest BCUT2D eigenvalue weighted by molar-refractivity contribution is 6.48. The summed E-state index contributed by atoms with van der Waals surface area (Å²) in [4.78, 5) is 41.4. The van der Waals surface area contributed by atoms with Gasteiger partial charge in [-0.25, -0.2) is 0 Å². The molecule has 2 aliphatic heterocycles. The molecule has 3 amide bonds. The van der Waals surface area contributed by atoms with Gasteiger partial charge in [-0.05, 0) is 55.5 Å². The van der Waals surface area contributed by atoms with Crippen molar-refractivity contribution in [1.82, 2.24) is 9.80 Å². The van der Waals surface area contributed by atoms with Crippen LogP contribution in [-0.4, -0.2) is 40.1 Å². The van der Waals surface area contributed by atoms with Crippen LogP contribution in [0.25, 0.3) is 0 Å². The summed E-state index contributed by atoms with van der Waals surface area (Å²) >= 11 is 6.19. The Morgan fingerprint density at radius 1 is 1.03 bits per heavy atom. The largest absolute Gasteiger partial charge is 0.350 e. The highest BCUT2D eigenvalue weighted by Crippen LogP contribution is 2.28. The number of likely N-dealkylation sites (tertiary alicyclic amines) is 1. The number of nitrogens with one attached hydrogen (secondary N) is 1. The Kier molecular flexibility index (Phi) is 6.61. The van der Waals surface area contributed by atoms with E-state index in [4.69, 9.17) is 11.6 Å². The first-order valence-electron chi connectivity index (χ1n) is 11.0. The zero-order valence-corrected chi connectivity index (χ0v) is 18.8. The van der Waals surface area contributed by atoms with Gasteiger partial charge in [-0.1, -0.05) is 48.9 Å². The van der Waals surface area contributed by atoms with Crippen molar-refractivity contribution in [1.29, 1.82) is 0 Å². The average molecular weight is 452 g/mol. The van der Waals surface area contributed by atoms with E-state index < -0.39 is 11.8 Å². The van der Waals surface area contributed by atoms with Gasteiger partial charge in [0, 0.05) is 23.8 Å². The average Bonchev–Trinajstić information content (AvgIpc) is 3.03. The number of hydrogen-bond donors (Lipinski definition) is 1. The number of amides is 3. The molecular weight excluding hydrogens is 426 g/mol. The summed E-state index contributed by atoms with van der Waals surface area (Å²) in [6, 6.07) is 16.5. The van der Waals surface area contributed by atoms with Crippen molar-refractivity contribution in [3.8, 4) is 0 Å². The van der Waals surface area contributed by atoms with Gasteiger partial charge in [-0.3, -0.25) is 19.3 Å². The highest BCUT2D eigenvalue weighted by atomic mass is 35.5. The zero-order chi connectivity index (χ0) is 22.7. The first kappa shape index (κ1) is 22.1. The molecule has 166 valence electrons. The van der Waals surface area contributed by atoms with Gasteiger partial charge < -0.3 is 10.2 Å². The number of nitrogens with zero attached hydrogens (tertiary/aromatic N) is 2. The van der Waals surface area contributed by atoms with Gasteiger partial charge in [0.05, 0.1) is 6.54 Å². The molecular formula is C25H26ClN3O3. The van der Waals surface area contributed by atoms with E-state index in [1.165, 1.54) is 0 Å². The third-order valence-corrected chi connectivity index (χ3v) is 6.41. The Balaban J connectivity index is 1.45. The molecule has 0 bridgehead atoms. The number of halogens is 1. The Bertz CT molecular complexity index is 1050. The maximum absolute atomic E-state index is 13.0. The second-order valence-corrected chi connectivity index (χ2v) is 8.51. The van der Waals surface area contributed by atoms with Gasteiger partial charge >= 0.3 is 0 Å². The van der Waals surface area contributed by atoms with Crippen LogP contribution in [0.4, 0.5) is 5.69 Å². The molecule has 0 unspecified atom stereocenters. The minimum absolute atomic E-state index is 0.0292. The monoisotopic (exact) mass is 451 g/mol. The maximum Gasteiger partial charge on any atom is 0.279 e. The molecule has 1 fully saturated rings. The van der Waals surface area contributed by atoms with Crippen LogP contribution in [-0.2, 0) is 16.1 Å². The predicted octanol–water partition coefficient (Wildman–Crippen LogP) is 4.52. The van der Waals surface area contributed by atoms with E-state index in [2.05, 4.69) is 12.2 Å². The van der Waals surface area contributed by atoms with E-state index in [1.54, 1.807) is 24.3 Å². The maximum atomic E-state index is 13.0. The lowest BCUT2D eigenvalue weighted by Gasteiger charge is -2.35. The number of rotatable bonds is 6. The highest BCUT2D eigenvalue weighted by Gasteiger charge is 2.37. The second kappa shape index (κ2) is 9.57. The third-order valence-electron chi connectivity index (χ3n) is 6.06. The summed E-state index contributed by atoms with van der Waals surface area (Å²) in [5.41, 5.74) is 2.08. The lowest BCUT2D eigenvalue weighted by atomic mass is 9.99. The van der Waals surface area contributed by atoms with Crippen molar-refractivity contribution >= 4 is 35.0 Å². The molecule has 7 heteroatoms. The summed E-state index contributed by atoms with van der Waals surface area (Å²) in [6.07, 6.45) is 4.19. The zero-order valence-electron chi connectivity index (χ0n) is 18.0. The predicted molar refractivity (Wildman–Crippen MR) is 124 cm³/mol. The Morgan fingerprint density at radius 2 is 1.75 bits per heavy atom. The van der Waals surface area contributed by atoms with Gasteiger partial charge in [0.1, 0.15) is 10.7 Å². The lowest BCUT2D eigenvalue weighted by Crippen LogP contribution is -2.43. The number of imide groups is 1. The van der Waals surface area contributed by atoms with Crippen LogP contribution >= 0.6 is 11.6 Å². The minimum atomic E-state index is -0.523. The first-order chi connectivity index (χ1) is 15.5. The molecule has 2 heterocycles. The van der Waals surface area contributed by atoms with Gasteiger partial charge in [-0.15, -0.1) is 0 Å². The quantitative estimate of drug-likeness (QED) is 0.655. The molecule has 6 nitrogen and oxygen atoms in total. The topological polar surface area (TPSA) is 69.7 Å². The van der Waals surface area contributed by atoms with Gasteiger partial charge in [0.25, 0.3) is 17.7 Å². The number of hydrogen-bond acceptors (Lipinski definition) is 4. The summed E-state index contributed by atoms with van der Waals surface area (Å²) in [6.45, 7) is 3.05. The lowest BCUT2D eigenvalue weighted by molar-refractivity contribution is -0.138. The van der Waals surface area contributed by atoms with E-state index in [1.807, 2.05) is 35.2 Å². The number of benzene rings is 2. The molecule has 0 radical (unpaired) electrons. The summed E-state index contributed by atoms with van der Waals surface area (Å²) in [7, 11) is 0. The van der Waals surface area contributed by atoms with Crippen molar-refractivity contribution in [3.05, 3.63) is 76.5 Å². The molecule has 1 N–H and O–H groups in total. The van der Waals surface area contributed by atoms with Gasteiger partial charge in [-0.2, -0.15) is 0 Å². The number of carbonyl (C=O) groups excluding carboxylic acids is 3. The minimum Gasteiger partial charge on any atom is -0.350 e. The molecule has 0 saturated carbocycles. The molecule has 32 heavy (non-hydrogen) atoms. The molecule has 0 spiro atoms. The molecule has 0 aromatic heterocycles. The normalized spacial score (nSPS) is 19.0. The summed E-state index contributed by atoms with van der Waals surface area (Å²) in [5.74, 6) is -0.963. The van der Waals surface area contributed by atoms with Crippen LogP contribution in [0.15, 0.2) is 65.3 Å². The fourth-order valence-electron chi connectivity index (χ4n) is 4.26. The summed E-state index contributed by atoms with van der Waals surface area (Å²) < 4.78 is 0. The van der Waals surface area contributed by atoms with E-state index >= 15 is 0 Å².